The fraction of sp³-hybridized carbons (Fsp3) is 0.600. The Morgan fingerprint density at radius 2 is 2.18 bits per heavy atom. The lowest BCUT2D eigenvalue weighted by atomic mass is 9.74. The van der Waals surface area contributed by atoms with Gasteiger partial charge in [0.05, 0.1) is 0 Å². The Bertz CT molecular complexity index is 199. The van der Waals surface area contributed by atoms with Gasteiger partial charge in [-0.2, -0.15) is 0 Å². The van der Waals surface area contributed by atoms with Crippen molar-refractivity contribution in [3.8, 4) is 0 Å². The zero-order chi connectivity index (χ0) is 8.48. The van der Waals surface area contributed by atoms with Crippen LogP contribution in [0.3, 0.4) is 0 Å². The number of rotatable bonds is 1. The molecule has 1 heteroatoms. The number of allylic oxidation sites excluding steroid dienone is 4. The van der Waals surface area contributed by atoms with Crippen molar-refractivity contribution in [2.45, 2.75) is 27.2 Å². The van der Waals surface area contributed by atoms with Gasteiger partial charge in [-0.3, -0.25) is 0 Å². The summed E-state index contributed by atoms with van der Waals surface area (Å²) in [4.78, 5) is 0. The van der Waals surface area contributed by atoms with E-state index in [1.165, 1.54) is 0 Å². The van der Waals surface area contributed by atoms with Crippen LogP contribution in [0.5, 0.6) is 0 Å². The summed E-state index contributed by atoms with van der Waals surface area (Å²) in [6.45, 7) is 6.28. The second-order valence-electron chi connectivity index (χ2n) is 3.72. The van der Waals surface area contributed by atoms with Crippen molar-refractivity contribution in [1.82, 2.24) is 0 Å². The predicted octanol–water partition coefficient (Wildman–Crippen LogP) is 3.46. The van der Waals surface area contributed by atoms with Crippen LogP contribution >= 0.6 is 0 Å². The van der Waals surface area contributed by atoms with Gasteiger partial charge in [-0.25, -0.2) is 4.39 Å². The summed E-state index contributed by atoms with van der Waals surface area (Å²) in [5.41, 5.74) is -0.00637. The van der Waals surface area contributed by atoms with E-state index in [1.807, 2.05) is 6.08 Å². The van der Waals surface area contributed by atoms with Crippen molar-refractivity contribution >= 4 is 0 Å². The van der Waals surface area contributed by atoms with Crippen LogP contribution < -0.4 is 0 Å². The van der Waals surface area contributed by atoms with E-state index < -0.39 is 0 Å². The molecule has 0 radical (unpaired) electrons. The summed E-state index contributed by atoms with van der Waals surface area (Å²) in [5.74, 6) is 0.390. The molecule has 1 atom stereocenters. The number of hydrogen-bond acceptors (Lipinski definition) is 0. The highest BCUT2D eigenvalue weighted by Crippen LogP contribution is 2.36. The average Bonchev–Trinajstić information content (AvgIpc) is 1.85. The Hall–Kier alpha value is -0.590. The maximum absolute atomic E-state index is 12.8. The summed E-state index contributed by atoms with van der Waals surface area (Å²) >= 11 is 0. The van der Waals surface area contributed by atoms with E-state index >= 15 is 0 Å². The smallest absolute Gasteiger partial charge is 0.119 e. The molecule has 0 saturated heterocycles. The summed E-state index contributed by atoms with van der Waals surface area (Å²) < 4.78 is 12.8. The summed E-state index contributed by atoms with van der Waals surface area (Å²) in [6.07, 6.45) is 6.32. The Morgan fingerprint density at radius 3 is 2.64 bits per heavy atom. The first-order valence-corrected chi connectivity index (χ1v) is 4.13. The largest absolute Gasteiger partial charge is 0.207 e. The van der Waals surface area contributed by atoms with Crippen molar-refractivity contribution in [1.29, 1.82) is 0 Å². The zero-order valence-corrected chi connectivity index (χ0v) is 7.39. The molecule has 0 bridgehead atoms. The van der Waals surface area contributed by atoms with Crippen molar-refractivity contribution in [3.05, 3.63) is 24.1 Å². The monoisotopic (exact) mass is 154 g/mol. The van der Waals surface area contributed by atoms with Crippen LogP contribution in [0.25, 0.3) is 0 Å². The molecule has 11 heavy (non-hydrogen) atoms. The van der Waals surface area contributed by atoms with Gasteiger partial charge in [-0.15, -0.1) is 0 Å². The SMILES string of the molecule is CCC1C=CC(F)=CC1(C)C. The lowest BCUT2D eigenvalue weighted by Gasteiger charge is -2.30. The highest BCUT2D eigenvalue weighted by atomic mass is 19.1. The molecular weight excluding hydrogens is 139 g/mol. The fourth-order valence-electron chi connectivity index (χ4n) is 1.63. The molecule has 0 N–H and O–H groups in total. The van der Waals surface area contributed by atoms with Crippen molar-refractivity contribution in [2.24, 2.45) is 11.3 Å². The quantitative estimate of drug-likeness (QED) is 0.542. The van der Waals surface area contributed by atoms with Crippen LogP contribution in [0.2, 0.25) is 0 Å². The Labute approximate surface area is 67.8 Å². The lowest BCUT2D eigenvalue weighted by molar-refractivity contribution is 0.321. The Morgan fingerprint density at radius 1 is 1.55 bits per heavy atom. The predicted molar refractivity (Wildman–Crippen MR) is 45.9 cm³/mol. The minimum Gasteiger partial charge on any atom is -0.207 e. The molecule has 62 valence electrons. The van der Waals surface area contributed by atoms with E-state index in [0.29, 0.717) is 5.92 Å². The standard InChI is InChI=1S/C10H15F/c1-4-8-5-6-9(11)7-10(8,2)3/h5-8H,4H2,1-3H3. The van der Waals surface area contributed by atoms with Gasteiger partial charge in [0.2, 0.25) is 0 Å². The molecule has 0 fully saturated rings. The van der Waals surface area contributed by atoms with Gasteiger partial charge in [0.25, 0.3) is 0 Å². The van der Waals surface area contributed by atoms with Crippen LogP contribution in [-0.2, 0) is 0 Å². The second kappa shape index (κ2) is 2.80. The topological polar surface area (TPSA) is 0 Å². The molecule has 0 nitrogen and oxygen atoms in total. The van der Waals surface area contributed by atoms with Gasteiger partial charge >= 0.3 is 0 Å². The third-order valence-electron chi connectivity index (χ3n) is 2.39. The van der Waals surface area contributed by atoms with E-state index in [1.54, 1.807) is 12.2 Å². The molecule has 0 aromatic rings. The van der Waals surface area contributed by atoms with E-state index in [-0.39, 0.29) is 11.2 Å². The summed E-state index contributed by atoms with van der Waals surface area (Å²) in [6, 6.07) is 0. The molecule has 0 heterocycles. The minimum atomic E-state index is -0.0975. The molecule has 0 saturated carbocycles. The van der Waals surface area contributed by atoms with E-state index in [9.17, 15) is 4.39 Å². The second-order valence-corrected chi connectivity index (χ2v) is 3.72. The molecule has 0 amide bonds. The molecule has 1 aliphatic rings. The molecule has 1 aliphatic carbocycles. The van der Waals surface area contributed by atoms with Crippen LogP contribution in [0, 0.1) is 11.3 Å². The average molecular weight is 154 g/mol. The molecular formula is C10H15F. The van der Waals surface area contributed by atoms with E-state index in [0.717, 1.165) is 6.42 Å². The van der Waals surface area contributed by atoms with Gasteiger partial charge in [0, 0.05) is 0 Å². The highest BCUT2D eigenvalue weighted by molar-refractivity contribution is 5.22. The maximum Gasteiger partial charge on any atom is 0.119 e. The van der Waals surface area contributed by atoms with Crippen molar-refractivity contribution < 1.29 is 4.39 Å². The van der Waals surface area contributed by atoms with Gasteiger partial charge in [0.15, 0.2) is 0 Å². The molecule has 0 aliphatic heterocycles. The van der Waals surface area contributed by atoms with Crippen LogP contribution in [-0.4, -0.2) is 0 Å². The van der Waals surface area contributed by atoms with E-state index in [4.69, 9.17) is 0 Å². The summed E-state index contributed by atoms with van der Waals surface area (Å²) in [5, 5.41) is 0. The normalized spacial score (nSPS) is 28.4. The maximum atomic E-state index is 12.8. The van der Waals surface area contributed by atoms with Crippen molar-refractivity contribution in [3.63, 3.8) is 0 Å². The van der Waals surface area contributed by atoms with Crippen molar-refractivity contribution in [2.75, 3.05) is 0 Å². The van der Waals surface area contributed by atoms with Gasteiger partial charge in [0.1, 0.15) is 5.83 Å². The molecule has 0 spiro atoms. The molecule has 0 aromatic carbocycles. The highest BCUT2D eigenvalue weighted by Gasteiger charge is 2.26. The van der Waals surface area contributed by atoms with Crippen LogP contribution in [0.15, 0.2) is 24.1 Å². The Balaban J connectivity index is 2.84. The fourth-order valence-corrected chi connectivity index (χ4v) is 1.63. The first-order valence-electron chi connectivity index (χ1n) is 4.13. The van der Waals surface area contributed by atoms with E-state index in [2.05, 4.69) is 20.8 Å². The molecule has 1 rings (SSSR count). The Kier molecular flexibility index (Phi) is 2.17. The minimum absolute atomic E-state index is 0.00637. The first kappa shape index (κ1) is 8.51. The number of hydrogen-bond donors (Lipinski definition) is 0. The zero-order valence-electron chi connectivity index (χ0n) is 7.39. The number of halogens is 1. The first-order chi connectivity index (χ1) is 5.06. The van der Waals surface area contributed by atoms with Crippen LogP contribution in [0.4, 0.5) is 4.39 Å². The molecule has 0 aromatic heterocycles. The third kappa shape index (κ3) is 1.70. The third-order valence-corrected chi connectivity index (χ3v) is 2.39. The van der Waals surface area contributed by atoms with Gasteiger partial charge in [-0.05, 0) is 29.9 Å². The van der Waals surface area contributed by atoms with Gasteiger partial charge in [-0.1, -0.05) is 26.8 Å². The summed E-state index contributed by atoms with van der Waals surface area (Å²) in [7, 11) is 0. The molecule has 1 unspecified atom stereocenters. The van der Waals surface area contributed by atoms with Crippen LogP contribution in [0.1, 0.15) is 27.2 Å². The lowest BCUT2D eigenvalue weighted by Crippen LogP contribution is -2.21. The van der Waals surface area contributed by atoms with Gasteiger partial charge < -0.3 is 0 Å².